The molecule has 1 fully saturated rings. The van der Waals surface area contributed by atoms with E-state index in [0.29, 0.717) is 31.6 Å². The molecule has 0 radical (unpaired) electrons. The molecular formula is C13H16F2O3. The third-order valence-electron chi connectivity index (χ3n) is 2.90. The van der Waals surface area contributed by atoms with Crippen molar-refractivity contribution in [3.05, 3.63) is 35.4 Å². The largest absolute Gasteiger partial charge is 0.388 e. The van der Waals surface area contributed by atoms with Crippen molar-refractivity contribution in [2.75, 3.05) is 13.2 Å². The summed E-state index contributed by atoms with van der Waals surface area (Å²) in [6.07, 6.45) is 0.644. The van der Waals surface area contributed by atoms with Crippen molar-refractivity contribution >= 4 is 0 Å². The molecule has 1 aromatic rings. The van der Waals surface area contributed by atoms with Gasteiger partial charge in [0.25, 0.3) is 0 Å². The van der Waals surface area contributed by atoms with E-state index in [9.17, 15) is 13.9 Å². The van der Waals surface area contributed by atoms with Gasteiger partial charge in [0.05, 0.1) is 19.3 Å². The minimum absolute atomic E-state index is 0.307. The molecule has 1 saturated heterocycles. The van der Waals surface area contributed by atoms with Gasteiger partial charge in [-0.2, -0.15) is 0 Å². The number of rotatable bonds is 4. The lowest BCUT2D eigenvalue weighted by Crippen LogP contribution is -2.25. The predicted molar refractivity (Wildman–Crippen MR) is 60.9 cm³/mol. The number of halogens is 2. The Hall–Kier alpha value is -1.04. The van der Waals surface area contributed by atoms with Crippen LogP contribution in [0.2, 0.25) is 0 Å². The Morgan fingerprint density at radius 2 is 1.94 bits per heavy atom. The molecule has 2 rings (SSSR count). The van der Waals surface area contributed by atoms with Gasteiger partial charge in [-0.1, -0.05) is 6.07 Å². The predicted octanol–water partition coefficient (Wildman–Crippen LogP) is 2.54. The van der Waals surface area contributed by atoms with Crippen molar-refractivity contribution in [1.82, 2.24) is 0 Å². The summed E-state index contributed by atoms with van der Waals surface area (Å²) in [6, 6.07) is 3.41. The lowest BCUT2D eigenvalue weighted by Gasteiger charge is -2.24. The average molecular weight is 258 g/mol. The zero-order chi connectivity index (χ0) is 13.0. The maximum atomic E-state index is 13.0. The SMILES string of the molecule is O[C@H](CCC1OCCCO1)c1ccc(F)c(F)c1. The third-order valence-corrected chi connectivity index (χ3v) is 2.90. The van der Waals surface area contributed by atoms with Crippen molar-refractivity contribution < 1.29 is 23.4 Å². The van der Waals surface area contributed by atoms with E-state index in [1.165, 1.54) is 6.07 Å². The van der Waals surface area contributed by atoms with Gasteiger partial charge in [-0.3, -0.25) is 0 Å². The summed E-state index contributed by atoms with van der Waals surface area (Å²) in [7, 11) is 0. The number of benzene rings is 1. The fourth-order valence-electron chi connectivity index (χ4n) is 1.88. The van der Waals surface area contributed by atoms with Crippen LogP contribution < -0.4 is 0 Å². The highest BCUT2D eigenvalue weighted by Gasteiger charge is 2.17. The highest BCUT2D eigenvalue weighted by atomic mass is 19.2. The molecule has 100 valence electrons. The Labute approximate surface area is 104 Å². The molecule has 1 aliphatic rings. The van der Waals surface area contributed by atoms with Crippen LogP contribution in [0.3, 0.4) is 0 Å². The molecule has 0 saturated carbocycles. The van der Waals surface area contributed by atoms with Crippen LogP contribution in [0.4, 0.5) is 8.78 Å². The molecule has 0 bridgehead atoms. The van der Waals surface area contributed by atoms with Gasteiger partial charge in [-0.05, 0) is 30.5 Å². The first kappa shape index (κ1) is 13.4. The van der Waals surface area contributed by atoms with Gasteiger partial charge in [0.1, 0.15) is 0 Å². The van der Waals surface area contributed by atoms with E-state index in [1.54, 1.807) is 0 Å². The van der Waals surface area contributed by atoms with Gasteiger partial charge in [-0.25, -0.2) is 8.78 Å². The Morgan fingerprint density at radius 1 is 1.22 bits per heavy atom. The van der Waals surface area contributed by atoms with Crippen molar-refractivity contribution in [3.8, 4) is 0 Å². The fourth-order valence-corrected chi connectivity index (χ4v) is 1.88. The standard InChI is InChI=1S/C13H16F2O3/c14-10-3-2-9(8-11(10)15)12(16)4-5-13-17-6-1-7-18-13/h2-3,8,12-13,16H,1,4-7H2/t12-/m1/s1. The van der Waals surface area contributed by atoms with Gasteiger partial charge in [-0.15, -0.1) is 0 Å². The number of aliphatic hydroxyl groups excluding tert-OH is 1. The van der Waals surface area contributed by atoms with Crippen LogP contribution in [0.15, 0.2) is 18.2 Å². The number of ether oxygens (including phenoxy) is 2. The summed E-state index contributed by atoms with van der Waals surface area (Å²) in [5, 5.41) is 9.87. The smallest absolute Gasteiger partial charge is 0.159 e. The lowest BCUT2D eigenvalue weighted by atomic mass is 10.0. The van der Waals surface area contributed by atoms with Crippen molar-refractivity contribution in [2.45, 2.75) is 31.7 Å². The monoisotopic (exact) mass is 258 g/mol. The summed E-state index contributed by atoms with van der Waals surface area (Å²) in [5.74, 6) is -1.86. The van der Waals surface area contributed by atoms with E-state index in [1.807, 2.05) is 0 Å². The van der Waals surface area contributed by atoms with Gasteiger partial charge in [0.15, 0.2) is 17.9 Å². The Balaban J connectivity index is 1.86. The van der Waals surface area contributed by atoms with Crippen LogP contribution in [0.1, 0.15) is 30.9 Å². The van der Waals surface area contributed by atoms with Gasteiger partial charge < -0.3 is 14.6 Å². The maximum absolute atomic E-state index is 13.0. The normalized spacial score (nSPS) is 18.8. The Morgan fingerprint density at radius 3 is 2.61 bits per heavy atom. The molecule has 0 aliphatic carbocycles. The molecule has 18 heavy (non-hydrogen) atoms. The fraction of sp³-hybridized carbons (Fsp3) is 0.538. The average Bonchev–Trinajstić information content (AvgIpc) is 2.40. The molecular weight excluding hydrogens is 242 g/mol. The van der Waals surface area contributed by atoms with Gasteiger partial charge in [0, 0.05) is 6.42 Å². The minimum atomic E-state index is -0.947. The third kappa shape index (κ3) is 3.48. The van der Waals surface area contributed by atoms with E-state index in [4.69, 9.17) is 9.47 Å². The summed E-state index contributed by atoms with van der Waals surface area (Å²) < 4.78 is 36.4. The highest BCUT2D eigenvalue weighted by Crippen LogP contribution is 2.22. The van der Waals surface area contributed by atoms with E-state index in [0.717, 1.165) is 18.6 Å². The van der Waals surface area contributed by atoms with Crippen molar-refractivity contribution in [3.63, 3.8) is 0 Å². The van der Waals surface area contributed by atoms with Crippen LogP contribution in [-0.2, 0) is 9.47 Å². The second-order valence-corrected chi connectivity index (χ2v) is 4.29. The van der Waals surface area contributed by atoms with Crippen LogP contribution in [0.25, 0.3) is 0 Å². The second kappa shape index (κ2) is 6.22. The number of hydrogen-bond acceptors (Lipinski definition) is 3. The van der Waals surface area contributed by atoms with Crippen LogP contribution >= 0.6 is 0 Å². The summed E-state index contributed by atoms with van der Waals surface area (Å²) in [6.45, 7) is 1.32. The zero-order valence-corrected chi connectivity index (χ0v) is 9.94. The van der Waals surface area contributed by atoms with E-state index < -0.39 is 17.7 Å². The first-order chi connectivity index (χ1) is 8.66. The highest BCUT2D eigenvalue weighted by molar-refractivity contribution is 5.19. The van der Waals surface area contributed by atoms with Crippen molar-refractivity contribution in [1.29, 1.82) is 0 Å². The molecule has 0 amide bonds. The quantitative estimate of drug-likeness (QED) is 0.902. The molecule has 0 aromatic heterocycles. The van der Waals surface area contributed by atoms with Crippen molar-refractivity contribution in [2.24, 2.45) is 0 Å². The van der Waals surface area contributed by atoms with E-state index in [2.05, 4.69) is 0 Å². The van der Waals surface area contributed by atoms with Crippen LogP contribution in [-0.4, -0.2) is 24.6 Å². The summed E-state index contributed by atoms with van der Waals surface area (Å²) in [5.41, 5.74) is 0.365. The maximum Gasteiger partial charge on any atom is 0.159 e. The summed E-state index contributed by atoms with van der Waals surface area (Å²) >= 11 is 0. The topological polar surface area (TPSA) is 38.7 Å². The summed E-state index contributed by atoms with van der Waals surface area (Å²) in [4.78, 5) is 0. The van der Waals surface area contributed by atoms with Crippen LogP contribution in [0, 0.1) is 11.6 Å². The minimum Gasteiger partial charge on any atom is -0.388 e. The molecule has 0 unspecified atom stereocenters. The van der Waals surface area contributed by atoms with E-state index in [-0.39, 0.29) is 6.29 Å². The van der Waals surface area contributed by atoms with Gasteiger partial charge >= 0.3 is 0 Å². The molecule has 1 atom stereocenters. The molecule has 3 nitrogen and oxygen atoms in total. The molecule has 1 aromatic carbocycles. The molecule has 1 aliphatic heterocycles. The molecule has 0 spiro atoms. The van der Waals surface area contributed by atoms with Crippen LogP contribution in [0.5, 0.6) is 0 Å². The number of aliphatic hydroxyl groups is 1. The Kier molecular flexibility index (Phi) is 4.63. The van der Waals surface area contributed by atoms with E-state index >= 15 is 0 Å². The Bertz CT molecular complexity index is 392. The lowest BCUT2D eigenvalue weighted by molar-refractivity contribution is -0.183. The molecule has 1 N–H and O–H groups in total. The second-order valence-electron chi connectivity index (χ2n) is 4.29. The zero-order valence-electron chi connectivity index (χ0n) is 9.94. The first-order valence-corrected chi connectivity index (χ1v) is 6.03. The molecule has 5 heteroatoms. The number of hydrogen-bond donors (Lipinski definition) is 1. The van der Waals surface area contributed by atoms with Gasteiger partial charge in [0.2, 0.25) is 0 Å². The molecule has 1 heterocycles. The first-order valence-electron chi connectivity index (χ1n) is 6.03.